The first-order chi connectivity index (χ1) is 20.1. The summed E-state index contributed by atoms with van der Waals surface area (Å²) in [6, 6.07) is 20.4. The molecule has 1 fully saturated rings. The zero-order chi connectivity index (χ0) is 28.4. The van der Waals surface area contributed by atoms with E-state index >= 15 is 0 Å². The van der Waals surface area contributed by atoms with Crippen molar-refractivity contribution in [1.82, 2.24) is 24.8 Å². The summed E-state index contributed by atoms with van der Waals surface area (Å²) in [4.78, 5) is 30.0. The van der Waals surface area contributed by atoms with Crippen LogP contribution in [0.2, 0.25) is 0 Å². The quantitative estimate of drug-likeness (QED) is 0.217. The van der Waals surface area contributed by atoms with Crippen LogP contribution in [0.5, 0.6) is 0 Å². The van der Waals surface area contributed by atoms with Crippen LogP contribution < -0.4 is 5.32 Å². The molecule has 2 aromatic heterocycles. The average Bonchev–Trinajstić information content (AvgIpc) is 3.44. The van der Waals surface area contributed by atoms with Crippen molar-refractivity contribution in [3.8, 4) is 0 Å². The zero-order valence-corrected chi connectivity index (χ0v) is 24.3. The molecule has 5 rings (SSSR count). The van der Waals surface area contributed by atoms with E-state index < -0.39 is 0 Å². The van der Waals surface area contributed by atoms with Gasteiger partial charge in [0.2, 0.25) is 5.95 Å². The normalized spacial score (nSPS) is 15.2. The van der Waals surface area contributed by atoms with Gasteiger partial charge in [0.05, 0.1) is 17.6 Å². The number of aromatic amines is 1. The molecule has 41 heavy (non-hydrogen) atoms. The van der Waals surface area contributed by atoms with Crippen LogP contribution in [0.15, 0.2) is 73.1 Å². The van der Waals surface area contributed by atoms with Crippen molar-refractivity contribution in [2.75, 3.05) is 51.8 Å². The highest BCUT2D eigenvalue weighted by Crippen LogP contribution is 2.24. The molecule has 2 N–H and O–H groups in total. The molecule has 2 aromatic carbocycles. The molecule has 0 aliphatic carbocycles. The van der Waals surface area contributed by atoms with Gasteiger partial charge in [-0.15, -0.1) is 0 Å². The van der Waals surface area contributed by atoms with E-state index in [1.54, 1.807) is 0 Å². The van der Waals surface area contributed by atoms with Crippen molar-refractivity contribution < 1.29 is 9.53 Å². The zero-order valence-electron chi connectivity index (χ0n) is 24.3. The Bertz CT molecular complexity index is 1370. The first-order valence-corrected chi connectivity index (χ1v) is 14.9. The fourth-order valence-corrected chi connectivity index (χ4v) is 5.73. The SMILES string of the molecule is CCOCCc1cccc2[nH]c(NC3CCN(CCC(CN(C)C(=O)c4ccccc4)c4ccncc4)CC3)nc12. The summed E-state index contributed by atoms with van der Waals surface area (Å²) in [6.07, 6.45) is 7.69. The summed E-state index contributed by atoms with van der Waals surface area (Å²) >= 11 is 0. The highest BCUT2D eigenvalue weighted by atomic mass is 16.5. The number of hydrogen-bond acceptors (Lipinski definition) is 6. The number of fused-ring (bicyclic) bond motifs is 1. The molecule has 1 aliphatic rings. The van der Waals surface area contributed by atoms with E-state index in [2.05, 4.69) is 50.5 Å². The number of H-pyrrole nitrogens is 1. The lowest BCUT2D eigenvalue weighted by atomic mass is 9.94. The number of para-hydroxylation sites is 1. The summed E-state index contributed by atoms with van der Waals surface area (Å²) in [5.41, 5.74) is 5.27. The molecular formula is C33H42N6O2. The number of carbonyl (C=O) groups is 1. The molecule has 0 bridgehead atoms. The van der Waals surface area contributed by atoms with Gasteiger partial charge in [-0.3, -0.25) is 9.78 Å². The number of benzene rings is 2. The van der Waals surface area contributed by atoms with Crippen LogP contribution in [0, 0.1) is 0 Å². The smallest absolute Gasteiger partial charge is 0.253 e. The molecule has 8 heteroatoms. The number of ether oxygens (including phenoxy) is 1. The second-order valence-electron chi connectivity index (χ2n) is 10.9. The molecular weight excluding hydrogens is 512 g/mol. The van der Waals surface area contributed by atoms with Crippen LogP contribution in [0.4, 0.5) is 5.95 Å². The number of likely N-dealkylation sites (N-methyl/N-ethyl adjacent to an activating group) is 1. The number of nitrogens with one attached hydrogen (secondary N) is 2. The Balaban J connectivity index is 1.14. The third-order valence-corrected chi connectivity index (χ3v) is 8.08. The number of hydrogen-bond donors (Lipinski definition) is 2. The molecule has 0 saturated carbocycles. The fraction of sp³-hybridized carbons (Fsp3) is 0.424. The van der Waals surface area contributed by atoms with Gasteiger partial charge >= 0.3 is 0 Å². The number of nitrogens with zero attached hydrogens (tertiary/aromatic N) is 4. The predicted molar refractivity (Wildman–Crippen MR) is 164 cm³/mol. The number of pyridine rings is 1. The maximum atomic E-state index is 13.0. The van der Waals surface area contributed by atoms with Crippen molar-refractivity contribution in [1.29, 1.82) is 0 Å². The molecule has 3 heterocycles. The number of carbonyl (C=O) groups excluding carboxylic acids is 1. The molecule has 0 radical (unpaired) electrons. The van der Waals surface area contributed by atoms with Gasteiger partial charge in [-0.2, -0.15) is 0 Å². The van der Waals surface area contributed by atoms with Crippen LogP contribution in [0.3, 0.4) is 0 Å². The molecule has 0 spiro atoms. The topological polar surface area (TPSA) is 86.4 Å². The molecule has 1 unspecified atom stereocenters. The summed E-state index contributed by atoms with van der Waals surface area (Å²) in [5, 5.41) is 3.65. The number of amides is 1. The predicted octanol–water partition coefficient (Wildman–Crippen LogP) is 5.36. The average molecular weight is 555 g/mol. The molecule has 1 aliphatic heterocycles. The number of rotatable bonds is 13. The van der Waals surface area contributed by atoms with E-state index in [4.69, 9.17) is 9.72 Å². The fourth-order valence-electron chi connectivity index (χ4n) is 5.73. The number of aromatic nitrogens is 3. The van der Waals surface area contributed by atoms with Gasteiger partial charge in [-0.1, -0.05) is 30.3 Å². The Morgan fingerprint density at radius 1 is 1.10 bits per heavy atom. The van der Waals surface area contributed by atoms with Gasteiger partial charge in [0.1, 0.15) is 0 Å². The van der Waals surface area contributed by atoms with Crippen LogP contribution >= 0.6 is 0 Å². The molecule has 1 atom stereocenters. The van der Waals surface area contributed by atoms with Gasteiger partial charge in [0, 0.05) is 63.2 Å². The number of likely N-dealkylation sites (tertiary alicyclic amines) is 1. The Hall–Kier alpha value is -3.75. The highest BCUT2D eigenvalue weighted by Gasteiger charge is 2.23. The van der Waals surface area contributed by atoms with Crippen molar-refractivity contribution in [2.45, 2.75) is 44.6 Å². The Kier molecular flexibility index (Phi) is 9.99. The lowest BCUT2D eigenvalue weighted by Crippen LogP contribution is -2.40. The monoisotopic (exact) mass is 554 g/mol. The van der Waals surface area contributed by atoms with E-state index in [0.29, 0.717) is 19.2 Å². The van der Waals surface area contributed by atoms with Crippen LogP contribution in [-0.4, -0.2) is 83.1 Å². The third-order valence-electron chi connectivity index (χ3n) is 8.08. The van der Waals surface area contributed by atoms with Crippen LogP contribution in [0.1, 0.15) is 53.6 Å². The summed E-state index contributed by atoms with van der Waals surface area (Å²) in [5.74, 6) is 1.16. The molecule has 1 saturated heterocycles. The molecule has 216 valence electrons. The molecule has 1 amide bonds. The standard InChI is InChI=1S/C33H42N6O2/c1-3-41-23-17-26-10-7-11-30-31(26)37-33(36-30)35-29-15-21-39(22-16-29)20-14-28(25-12-18-34-19-13-25)24-38(2)32(40)27-8-5-4-6-9-27/h4-13,18-19,28-29H,3,14-17,20-24H2,1-2H3,(H2,35,36,37). The Morgan fingerprint density at radius 2 is 1.88 bits per heavy atom. The Labute approximate surface area is 243 Å². The summed E-state index contributed by atoms with van der Waals surface area (Å²) in [6.45, 7) is 7.23. The van der Waals surface area contributed by atoms with Crippen molar-refractivity contribution in [3.05, 3.63) is 89.7 Å². The number of piperidine rings is 1. The van der Waals surface area contributed by atoms with Gasteiger partial charge in [0.25, 0.3) is 5.91 Å². The summed E-state index contributed by atoms with van der Waals surface area (Å²) in [7, 11) is 1.90. The van der Waals surface area contributed by atoms with Crippen molar-refractivity contribution in [3.63, 3.8) is 0 Å². The third kappa shape index (κ3) is 7.71. The first kappa shape index (κ1) is 28.8. The lowest BCUT2D eigenvalue weighted by molar-refractivity contribution is 0.0782. The van der Waals surface area contributed by atoms with Gasteiger partial charge in [-0.05, 0) is 80.6 Å². The second-order valence-corrected chi connectivity index (χ2v) is 10.9. The van der Waals surface area contributed by atoms with Gasteiger partial charge in [0.15, 0.2) is 0 Å². The maximum Gasteiger partial charge on any atom is 0.253 e. The van der Waals surface area contributed by atoms with Crippen molar-refractivity contribution in [2.24, 2.45) is 0 Å². The van der Waals surface area contributed by atoms with Gasteiger partial charge in [-0.25, -0.2) is 4.98 Å². The highest BCUT2D eigenvalue weighted by molar-refractivity contribution is 5.94. The minimum absolute atomic E-state index is 0.0588. The largest absolute Gasteiger partial charge is 0.381 e. The second kappa shape index (κ2) is 14.2. The van der Waals surface area contributed by atoms with Crippen molar-refractivity contribution >= 4 is 22.9 Å². The number of anilines is 1. The maximum absolute atomic E-state index is 13.0. The first-order valence-electron chi connectivity index (χ1n) is 14.9. The Morgan fingerprint density at radius 3 is 2.63 bits per heavy atom. The lowest BCUT2D eigenvalue weighted by Gasteiger charge is -2.33. The minimum Gasteiger partial charge on any atom is -0.381 e. The van der Waals surface area contributed by atoms with E-state index in [9.17, 15) is 4.79 Å². The van der Waals surface area contributed by atoms with Gasteiger partial charge < -0.3 is 24.8 Å². The molecule has 4 aromatic rings. The minimum atomic E-state index is 0.0588. The van der Waals surface area contributed by atoms with Crippen LogP contribution in [-0.2, 0) is 11.2 Å². The van der Waals surface area contributed by atoms with E-state index in [0.717, 1.165) is 74.5 Å². The van der Waals surface area contributed by atoms with E-state index in [-0.39, 0.29) is 11.8 Å². The summed E-state index contributed by atoms with van der Waals surface area (Å²) < 4.78 is 5.55. The van der Waals surface area contributed by atoms with Crippen LogP contribution in [0.25, 0.3) is 11.0 Å². The molecule has 8 nitrogen and oxygen atoms in total. The number of imidazole rings is 1. The van der Waals surface area contributed by atoms with E-state index in [1.807, 2.05) is 61.6 Å². The van der Waals surface area contributed by atoms with E-state index in [1.165, 1.54) is 11.1 Å².